The van der Waals surface area contributed by atoms with Crippen molar-refractivity contribution in [3.05, 3.63) is 65.5 Å². The van der Waals surface area contributed by atoms with Gasteiger partial charge in [-0.3, -0.25) is 14.6 Å². The summed E-state index contributed by atoms with van der Waals surface area (Å²) >= 11 is 0. The summed E-state index contributed by atoms with van der Waals surface area (Å²) in [5.41, 5.74) is 1.89. The normalized spacial score (nSPS) is 14.9. The van der Waals surface area contributed by atoms with Crippen molar-refractivity contribution in [2.45, 2.75) is 58.0 Å². The molecule has 0 spiro atoms. The Kier molecular flexibility index (Phi) is 7.18. The molecule has 5 heteroatoms. The van der Waals surface area contributed by atoms with Gasteiger partial charge in [0.2, 0.25) is 0 Å². The van der Waals surface area contributed by atoms with E-state index < -0.39 is 0 Å². The summed E-state index contributed by atoms with van der Waals surface area (Å²) in [6, 6.07) is 13.4. The van der Waals surface area contributed by atoms with Crippen molar-refractivity contribution in [1.82, 2.24) is 15.2 Å². The molecule has 1 fully saturated rings. The molecular weight excluding hydrogens is 350 g/mol. The predicted octanol–water partition coefficient (Wildman–Crippen LogP) is 4.20. The first-order chi connectivity index (χ1) is 13.7. The van der Waals surface area contributed by atoms with Crippen LogP contribution in [0.2, 0.25) is 0 Å². The second-order valence-corrected chi connectivity index (χ2v) is 7.40. The SMILES string of the molecule is CCN(Cc1ccccc1)C(=O)c1ccnc(C(=O)NC2CCCCCC2)c1. The topological polar surface area (TPSA) is 62.3 Å². The molecule has 0 aliphatic heterocycles. The van der Waals surface area contributed by atoms with Gasteiger partial charge in [-0.2, -0.15) is 0 Å². The molecule has 1 N–H and O–H groups in total. The van der Waals surface area contributed by atoms with E-state index in [1.807, 2.05) is 37.3 Å². The summed E-state index contributed by atoms with van der Waals surface area (Å²) in [7, 11) is 0. The van der Waals surface area contributed by atoms with Crippen molar-refractivity contribution >= 4 is 11.8 Å². The zero-order chi connectivity index (χ0) is 19.8. The van der Waals surface area contributed by atoms with Crippen LogP contribution in [0.3, 0.4) is 0 Å². The monoisotopic (exact) mass is 379 g/mol. The summed E-state index contributed by atoms with van der Waals surface area (Å²) in [5, 5.41) is 3.10. The first-order valence-electron chi connectivity index (χ1n) is 10.3. The van der Waals surface area contributed by atoms with Crippen molar-refractivity contribution in [1.29, 1.82) is 0 Å². The minimum Gasteiger partial charge on any atom is -0.348 e. The fraction of sp³-hybridized carbons (Fsp3) is 0.435. The number of hydrogen-bond donors (Lipinski definition) is 1. The maximum absolute atomic E-state index is 13.0. The van der Waals surface area contributed by atoms with E-state index in [1.165, 1.54) is 12.8 Å². The summed E-state index contributed by atoms with van der Waals surface area (Å²) in [6.07, 6.45) is 8.37. The Bertz CT molecular complexity index is 783. The minimum atomic E-state index is -0.187. The van der Waals surface area contributed by atoms with Gasteiger partial charge in [-0.25, -0.2) is 0 Å². The number of carbonyl (C=O) groups excluding carboxylic acids is 2. The minimum absolute atomic E-state index is 0.0859. The quantitative estimate of drug-likeness (QED) is 0.765. The predicted molar refractivity (Wildman–Crippen MR) is 110 cm³/mol. The van der Waals surface area contributed by atoms with Crippen molar-refractivity contribution in [2.24, 2.45) is 0 Å². The smallest absolute Gasteiger partial charge is 0.270 e. The van der Waals surface area contributed by atoms with E-state index in [0.29, 0.717) is 24.3 Å². The average Bonchev–Trinajstić information content (AvgIpc) is 3.01. The lowest BCUT2D eigenvalue weighted by atomic mass is 10.1. The molecule has 0 atom stereocenters. The molecule has 0 saturated heterocycles. The number of carbonyl (C=O) groups is 2. The highest BCUT2D eigenvalue weighted by Crippen LogP contribution is 2.18. The number of hydrogen-bond acceptors (Lipinski definition) is 3. The lowest BCUT2D eigenvalue weighted by Crippen LogP contribution is -2.35. The largest absolute Gasteiger partial charge is 0.348 e. The van der Waals surface area contributed by atoms with Crippen LogP contribution in [0.4, 0.5) is 0 Å². The van der Waals surface area contributed by atoms with Gasteiger partial charge in [-0.05, 0) is 37.5 Å². The molecule has 1 aliphatic rings. The van der Waals surface area contributed by atoms with Crippen LogP contribution in [0.15, 0.2) is 48.7 Å². The lowest BCUT2D eigenvalue weighted by molar-refractivity contribution is 0.0752. The number of amides is 2. The van der Waals surface area contributed by atoms with E-state index in [2.05, 4.69) is 10.3 Å². The highest BCUT2D eigenvalue weighted by molar-refractivity contribution is 5.98. The Morgan fingerprint density at radius 3 is 2.46 bits per heavy atom. The van der Waals surface area contributed by atoms with E-state index in [9.17, 15) is 9.59 Å². The lowest BCUT2D eigenvalue weighted by Gasteiger charge is -2.21. The zero-order valence-electron chi connectivity index (χ0n) is 16.6. The van der Waals surface area contributed by atoms with E-state index in [4.69, 9.17) is 0 Å². The number of pyridine rings is 1. The van der Waals surface area contributed by atoms with E-state index in [1.54, 1.807) is 23.2 Å². The summed E-state index contributed by atoms with van der Waals surface area (Å²) < 4.78 is 0. The van der Waals surface area contributed by atoms with Gasteiger partial charge in [0.15, 0.2) is 0 Å². The van der Waals surface area contributed by atoms with Crippen molar-refractivity contribution in [3.63, 3.8) is 0 Å². The van der Waals surface area contributed by atoms with Crippen LogP contribution < -0.4 is 5.32 Å². The maximum Gasteiger partial charge on any atom is 0.270 e. The van der Waals surface area contributed by atoms with Gasteiger partial charge in [0.1, 0.15) is 5.69 Å². The molecule has 1 aromatic carbocycles. The molecule has 1 aromatic heterocycles. The van der Waals surface area contributed by atoms with Crippen LogP contribution in [-0.4, -0.2) is 34.3 Å². The average molecular weight is 380 g/mol. The Morgan fingerprint density at radius 2 is 1.79 bits per heavy atom. The van der Waals surface area contributed by atoms with Gasteiger partial charge < -0.3 is 10.2 Å². The Morgan fingerprint density at radius 1 is 1.07 bits per heavy atom. The summed E-state index contributed by atoms with van der Waals surface area (Å²) in [5.74, 6) is -0.273. The molecule has 28 heavy (non-hydrogen) atoms. The number of nitrogens with one attached hydrogen (secondary N) is 1. The molecule has 2 amide bonds. The Hall–Kier alpha value is -2.69. The van der Waals surface area contributed by atoms with Gasteiger partial charge in [0, 0.05) is 30.9 Å². The molecule has 5 nitrogen and oxygen atoms in total. The number of benzene rings is 1. The third-order valence-corrected chi connectivity index (χ3v) is 5.32. The van der Waals surface area contributed by atoms with Crippen LogP contribution in [0.25, 0.3) is 0 Å². The first-order valence-corrected chi connectivity index (χ1v) is 10.3. The van der Waals surface area contributed by atoms with E-state index in [-0.39, 0.29) is 17.9 Å². The molecule has 0 radical (unpaired) electrons. The highest BCUT2D eigenvalue weighted by atomic mass is 16.2. The number of aromatic nitrogens is 1. The number of nitrogens with zero attached hydrogens (tertiary/aromatic N) is 2. The standard InChI is InChI=1S/C23H29N3O2/c1-2-26(17-18-10-6-5-7-11-18)23(28)19-14-15-24-21(16-19)22(27)25-20-12-8-3-4-9-13-20/h5-7,10-11,14-16,20H,2-4,8-9,12-13,17H2,1H3,(H,25,27). The maximum atomic E-state index is 13.0. The number of rotatable bonds is 6. The summed E-state index contributed by atoms with van der Waals surface area (Å²) in [6.45, 7) is 3.10. The molecule has 148 valence electrons. The van der Waals surface area contributed by atoms with Crippen molar-refractivity contribution < 1.29 is 9.59 Å². The third-order valence-electron chi connectivity index (χ3n) is 5.32. The van der Waals surface area contributed by atoms with Crippen LogP contribution in [0.1, 0.15) is 71.9 Å². The van der Waals surface area contributed by atoms with Crippen LogP contribution in [-0.2, 0) is 6.54 Å². The Balaban J connectivity index is 1.68. The van der Waals surface area contributed by atoms with E-state index in [0.717, 1.165) is 31.2 Å². The highest BCUT2D eigenvalue weighted by Gasteiger charge is 2.19. The Labute approximate surface area is 167 Å². The molecule has 1 saturated carbocycles. The zero-order valence-corrected chi connectivity index (χ0v) is 16.6. The van der Waals surface area contributed by atoms with E-state index >= 15 is 0 Å². The molecule has 1 heterocycles. The van der Waals surface area contributed by atoms with Gasteiger partial charge in [0.05, 0.1) is 0 Å². The second kappa shape index (κ2) is 10.0. The molecular formula is C23H29N3O2. The fourth-order valence-electron chi connectivity index (χ4n) is 3.68. The van der Waals surface area contributed by atoms with Crippen LogP contribution in [0.5, 0.6) is 0 Å². The molecule has 1 aliphatic carbocycles. The molecule has 0 bridgehead atoms. The van der Waals surface area contributed by atoms with Crippen LogP contribution in [0, 0.1) is 0 Å². The molecule has 3 rings (SSSR count). The van der Waals surface area contributed by atoms with Gasteiger partial charge in [0.25, 0.3) is 11.8 Å². The fourth-order valence-corrected chi connectivity index (χ4v) is 3.68. The molecule has 2 aromatic rings. The van der Waals surface area contributed by atoms with Crippen LogP contribution >= 0.6 is 0 Å². The van der Waals surface area contributed by atoms with Gasteiger partial charge in [-0.1, -0.05) is 56.0 Å². The van der Waals surface area contributed by atoms with Gasteiger partial charge >= 0.3 is 0 Å². The third kappa shape index (κ3) is 5.41. The summed E-state index contributed by atoms with van der Waals surface area (Å²) in [4.78, 5) is 31.6. The van der Waals surface area contributed by atoms with Crippen molar-refractivity contribution in [2.75, 3.05) is 6.54 Å². The second-order valence-electron chi connectivity index (χ2n) is 7.40. The van der Waals surface area contributed by atoms with Crippen molar-refractivity contribution in [3.8, 4) is 0 Å². The molecule has 0 unspecified atom stereocenters. The van der Waals surface area contributed by atoms with Gasteiger partial charge in [-0.15, -0.1) is 0 Å². The first kappa shape index (κ1) is 20.1.